The van der Waals surface area contributed by atoms with Gasteiger partial charge in [0.25, 0.3) is 0 Å². The first-order valence-electron chi connectivity index (χ1n) is 11.0. The lowest BCUT2D eigenvalue weighted by Crippen LogP contribution is -2.75. The van der Waals surface area contributed by atoms with Crippen molar-refractivity contribution in [2.24, 2.45) is 0 Å². The van der Waals surface area contributed by atoms with Crippen LogP contribution in [0.15, 0.2) is 83.8 Å². The maximum Gasteiger partial charge on any atom is 0.328 e. The van der Waals surface area contributed by atoms with Crippen LogP contribution >= 0.6 is 11.8 Å². The van der Waals surface area contributed by atoms with E-state index in [9.17, 15) is 14.7 Å². The van der Waals surface area contributed by atoms with Crippen LogP contribution in [0.2, 0.25) is 0 Å². The van der Waals surface area contributed by atoms with Gasteiger partial charge in [-0.25, -0.2) is 4.79 Å². The number of likely N-dealkylation sites (tertiary alicyclic amines) is 1. The number of thioether (sulfide) groups is 1. The molecule has 2 atom stereocenters. The normalized spacial score (nSPS) is 19.6. The third kappa shape index (κ3) is 4.12. The van der Waals surface area contributed by atoms with Crippen molar-refractivity contribution in [3.05, 3.63) is 90.0 Å². The van der Waals surface area contributed by atoms with Crippen LogP contribution in [0.4, 0.5) is 0 Å². The standard InChI is InChI=1S/C27H27NO5S/c1-4-27(34-22-8-6-5-7-9-22)24(25(29)30)28(26(27)31)23(18-10-14-20(32-2)15-11-18)19-12-16-21(33-3)17-13-19/h5-17,23-24H,4H2,1-3H3,(H,29,30). The Morgan fingerprint density at radius 1 is 0.941 bits per heavy atom. The molecule has 1 saturated heterocycles. The fourth-order valence-electron chi connectivity index (χ4n) is 4.50. The van der Waals surface area contributed by atoms with Crippen LogP contribution in [0.1, 0.15) is 30.5 Å². The summed E-state index contributed by atoms with van der Waals surface area (Å²) >= 11 is 1.33. The average molecular weight is 478 g/mol. The average Bonchev–Trinajstić information content (AvgIpc) is 2.88. The van der Waals surface area contributed by atoms with Crippen LogP contribution in [0, 0.1) is 0 Å². The summed E-state index contributed by atoms with van der Waals surface area (Å²) in [5, 5.41) is 10.3. The summed E-state index contributed by atoms with van der Waals surface area (Å²) in [7, 11) is 3.18. The second-order valence-corrected chi connectivity index (χ2v) is 9.46. The second kappa shape index (κ2) is 9.81. The second-order valence-electron chi connectivity index (χ2n) is 8.06. The van der Waals surface area contributed by atoms with E-state index in [2.05, 4.69) is 0 Å². The predicted octanol–water partition coefficient (Wildman–Crippen LogP) is 5.03. The van der Waals surface area contributed by atoms with Crippen molar-refractivity contribution in [2.45, 2.75) is 35.1 Å². The lowest BCUT2D eigenvalue weighted by molar-refractivity contribution is -0.170. The van der Waals surface area contributed by atoms with E-state index in [1.807, 2.05) is 85.8 Å². The summed E-state index contributed by atoms with van der Waals surface area (Å²) < 4.78 is 9.50. The largest absolute Gasteiger partial charge is 0.497 e. The summed E-state index contributed by atoms with van der Waals surface area (Å²) in [6.45, 7) is 1.87. The van der Waals surface area contributed by atoms with Crippen LogP contribution in [-0.4, -0.2) is 46.9 Å². The summed E-state index contributed by atoms with van der Waals surface area (Å²) in [5.41, 5.74) is 1.61. The Hall–Kier alpha value is -3.45. The number of rotatable bonds is 9. The molecule has 176 valence electrons. The van der Waals surface area contributed by atoms with Gasteiger partial charge < -0.3 is 19.5 Å². The van der Waals surface area contributed by atoms with Gasteiger partial charge >= 0.3 is 5.97 Å². The Morgan fingerprint density at radius 3 is 1.85 bits per heavy atom. The highest BCUT2D eigenvalue weighted by molar-refractivity contribution is 8.01. The van der Waals surface area contributed by atoms with Gasteiger partial charge in [0.1, 0.15) is 16.2 Å². The zero-order valence-electron chi connectivity index (χ0n) is 19.3. The number of benzene rings is 3. The van der Waals surface area contributed by atoms with Gasteiger partial charge in [-0.15, -0.1) is 11.8 Å². The Kier molecular flexibility index (Phi) is 6.84. The third-order valence-corrected chi connectivity index (χ3v) is 7.82. The summed E-state index contributed by atoms with van der Waals surface area (Å²) in [6.07, 6.45) is 0.400. The topological polar surface area (TPSA) is 76.1 Å². The first-order chi connectivity index (χ1) is 16.4. The molecule has 6 nitrogen and oxygen atoms in total. The molecule has 0 aliphatic carbocycles. The molecule has 1 heterocycles. The Morgan fingerprint density at radius 2 is 1.44 bits per heavy atom. The van der Waals surface area contributed by atoms with Gasteiger partial charge in [-0.2, -0.15) is 0 Å². The fourth-order valence-corrected chi connectivity index (χ4v) is 5.87. The third-order valence-electron chi connectivity index (χ3n) is 6.26. The van der Waals surface area contributed by atoms with Crippen molar-refractivity contribution in [3.63, 3.8) is 0 Å². The van der Waals surface area contributed by atoms with E-state index in [1.165, 1.54) is 16.7 Å². The monoisotopic (exact) mass is 477 g/mol. The van der Waals surface area contributed by atoms with E-state index in [1.54, 1.807) is 14.2 Å². The molecule has 0 bridgehead atoms. The molecule has 34 heavy (non-hydrogen) atoms. The molecule has 1 fully saturated rings. The molecule has 3 aromatic rings. The first kappa shape index (κ1) is 23.7. The minimum atomic E-state index is -1.08. The zero-order chi connectivity index (χ0) is 24.3. The van der Waals surface area contributed by atoms with Crippen LogP contribution < -0.4 is 9.47 Å². The Labute approximate surface area is 203 Å². The number of carbonyl (C=O) groups is 2. The van der Waals surface area contributed by atoms with Gasteiger partial charge in [0, 0.05) is 4.90 Å². The molecule has 3 aromatic carbocycles. The van der Waals surface area contributed by atoms with Gasteiger partial charge in [0.2, 0.25) is 5.91 Å². The number of β-lactam (4-membered cyclic amide) rings is 1. The number of carbonyl (C=O) groups excluding carboxylic acids is 1. The molecular formula is C27H27NO5S. The molecule has 0 aromatic heterocycles. The number of ether oxygens (including phenoxy) is 2. The zero-order valence-corrected chi connectivity index (χ0v) is 20.1. The van der Waals surface area contributed by atoms with Crippen molar-refractivity contribution < 1.29 is 24.2 Å². The van der Waals surface area contributed by atoms with Crippen LogP contribution in [0.25, 0.3) is 0 Å². The molecule has 0 radical (unpaired) electrons. The van der Waals surface area contributed by atoms with E-state index in [0.717, 1.165) is 16.0 Å². The number of carboxylic acid groups (broad SMARTS) is 1. The van der Waals surface area contributed by atoms with E-state index in [0.29, 0.717) is 17.9 Å². The molecule has 2 unspecified atom stereocenters. The maximum absolute atomic E-state index is 13.9. The maximum atomic E-state index is 13.9. The van der Waals surface area contributed by atoms with Crippen LogP contribution in [0.5, 0.6) is 11.5 Å². The lowest BCUT2D eigenvalue weighted by Gasteiger charge is -2.56. The highest BCUT2D eigenvalue weighted by Gasteiger charge is 2.65. The number of amides is 1. The number of methoxy groups -OCH3 is 2. The van der Waals surface area contributed by atoms with E-state index < -0.39 is 22.8 Å². The number of hydrogen-bond donors (Lipinski definition) is 1. The molecule has 1 N–H and O–H groups in total. The van der Waals surface area contributed by atoms with Gasteiger partial charge in [-0.05, 0) is 53.9 Å². The Bertz CT molecular complexity index is 1100. The van der Waals surface area contributed by atoms with Crippen LogP contribution in [-0.2, 0) is 9.59 Å². The number of carboxylic acids is 1. The number of aliphatic carboxylic acids is 1. The molecule has 7 heteroatoms. The highest BCUT2D eigenvalue weighted by Crippen LogP contribution is 2.53. The number of nitrogens with zero attached hydrogens (tertiary/aromatic N) is 1. The minimum absolute atomic E-state index is 0.187. The molecular weight excluding hydrogens is 450 g/mol. The minimum Gasteiger partial charge on any atom is -0.497 e. The number of hydrogen-bond acceptors (Lipinski definition) is 5. The van der Waals surface area contributed by atoms with Gasteiger partial charge in [0.05, 0.1) is 20.3 Å². The smallest absolute Gasteiger partial charge is 0.328 e. The molecule has 1 aliphatic heterocycles. The van der Waals surface area contributed by atoms with Crippen molar-refractivity contribution in [1.82, 2.24) is 4.90 Å². The van der Waals surface area contributed by atoms with E-state index >= 15 is 0 Å². The molecule has 1 amide bonds. The van der Waals surface area contributed by atoms with Gasteiger partial charge in [-0.1, -0.05) is 49.4 Å². The van der Waals surface area contributed by atoms with Gasteiger partial charge in [-0.3, -0.25) is 4.79 Å². The summed E-state index contributed by atoms with van der Waals surface area (Å²) in [4.78, 5) is 28.9. The fraction of sp³-hybridized carbons (Fsp3) is 0.259. The summed E-state index contributed by atoms with van der Waals surface area (Å²) in [5.74, 6) is 0.166. The van der Waals surface area contributed by atoms with Crippen molar-refractivity contribution in [1.29, 1.82) is 0 Å². The first-order valence-corrected chi connectivity index (χ1v) is 11.8. The van der Waals surface area contributed by atoms with Crippen molar-refractivity contribution in [3.8, 4) is 11.5 Å². The predicted molar refractivity (Wildman–Crippen MR) is 131 cm³/mol. The van der Waals surface area contributed by atoms with E-state index in [-0.39, 0.29) is 5.91 Å². The molecule has 4 rings (SSSR count). The molecule has 0 saturated carbocycles. The van der Waals surface area contributed by atoms with Crippen molar-refractivity contribution >= 4 is 23.6 Å². The Balaban J connectivity index is 1.79. The summed E-state index contributed by atoms with van der Waals surface area (Å²) in [6, 6.07) is 22.7. The van der Waals surface area contributed by atoms with Gasteiger partial charge in [0.15, 0.2) is 6.04 Å². The van der Waals surface area contributed by atoms with Crippen LogP contribution in [0.3, 0.4) is 0 Å². The van der Waals surface area contributed by atoms with E-state index in [4.69, 9.17) is 9.47 Å². The quantitative estimate of drug-likeness (QED) is 0.436. The molecule has 1 aliphatic rings. The highest BCUT2D eigenvalue weighted by atomic mass is 32.2. The SMILES string of the molecule is CCC1(Sc2ccccc2)C(=O)N(C(c2ccc(OC)cc2)c2ccc(OC)cc2)C1C(=O)O. The molecule has 0 spiro atoms. The lowest BCUT2D eigenvalue weighted by atomic mass is 9.79. The van der Waals surface area contributed by atoms with Crippen molar-refractivity contribution in [2.75, 3.05) is 14.2 Å².